The highest BCUT2D eigenvalue weighted by atomic mass is 16.5. The van der Waals surface area contributed by atoms with Gasteiger partial charge in [-0.15, -0.1) is 0 Å². The Balaban J connectivity index is 0.00000106. The van der Waals surface area contributed by atoms with E-state index in [0.717, 1.165) is 12.8 Å². The number of rotatable bonds is 1. The summed E-state index contributed by atoms with van der Waals surface area (Å²) in [6, 6.07) is -0.406. The van der Waals surface area contributed by atoms with Crippen LogP contribution in [0.1, 0.15) is 40.5 Å². The van der Waals surface area contributed by atoms with Crippen LogP contribution in [0.2, 0.25) is 0 Å². The Bertz CT molecular complexity index is 243. The van der Waals surface area contributed by atoms with Gasteiger partial charge in [-0.3, -0.25) is 10.1 Å². The van der Waals surface area contributed by atoms with E-state index < -0.39 is 6.03 Å². The van der Waals surface area contributed by atoms with Crippen LogP contribution in [0.5, 0.6) is 0 Å². The topological polar surface area (TPSA) is 58.6 Å². The molecule has 1 aliphatic heterocycles. The molecule has 0 spiro atoms. The molecule has 1 saturated heterocycles. The maximum absolute atomic E-state index is 11.4. The number of imide groups is 1. The van der Waals surface area contributed by atoms with E-state index in [9.17, 15) is 9.59 Å². The largest absolute Gasteiger partial charge is 0.355 e. The molecule has 16 heavy (non-hydrogen) atoms. The predicted octanol–water partition coefficient (Wildman–Crippen LogP) is 1.73. The van der Waals surface area contributed by atoms with Crippen molar-refractivity contribution in [3.05, 3.63) is 0 Å². The average Bonchev–Trinajstić information content (AvgIpc) is 2.65. The molecule has 1 N–H and O–H groups in total. The molecular weight excluding hydrogens is 208 g/mol. The molecule has 0 bridgehead atoms. The Morgan fingerprint density at radius 2 is 1.88 bits per heavy atom. The summed E-state index contributed by atoms with van der Waals surface area (Å²) in [6.45, 7) is 7.28. The first-order valence-electron chi connectivity index (χ1n) is 5.70. The summed E-state index contributed by atoms with van der Waals surface area (Å²) >= 11 is 0. The maximum Gasteiger partial charge on any atom is 0.325 e. The summed E-state index contributed by atoms with van der Waals surface area (Å²) in [5.41, 5.74) is 0. The monoisotopic (exact) mass is 230 g/mol. The Morgan fingerprint density at radius 3 is 2.25 bits per heavy atom. The fourth-order valence-corrected chi connectivity index (χ4v) is 1.44. The first kappa shape index (κ1) is 14.9. The first-order valence-corrected chi connectivity index (χ1v) is 5.70. The normalized spacial score (nSPS) is 23.1. The summed E-state index contributed by atoms with van der Waals surface area (Å²) in [7, 11) is 1.63. The molecule has 3 amide bonds. The second kappa shape index (κ2) is 7.22. The summed E-state index contributed by atoms with van der Waals surface area (Å²) in [6.07, 6.45) is 1.75. The zero-order chi connectivity index (χ0) is 12.7. The van der Waals surface area contributed by atoms with Crippen molar-refractivity contribution in [2.24, 2.45) is 0 Å². The molecule has 94 valence electrons. The van der Waals surface area contributed by atoms with Crippen molar-refractivity contribution in [2.75, 3.05) is 7.05 Å². The molecular formula is C11H22N2O3. The van der Waals surface area contributed by atoms with Gasteiger partial charge >= 0.3 is 6.03 Å². The molecule has 1 rings (SSSR count). The molecule has 0 saturated carbocycles. The molecule has 1 fully saturated rings. The number of hydrogen-bond donors (Lipinski definition) is 1. The van der Waals surface area contributed by atoms with Gasteiger partial charge in [0.05, 0.1) is 6.10 Å². The lowest BCUT2D eigenvalue weighted by atomic mass is 10.2. The van der Waals surface area contributed by atoms with Crippen molar-refractivity contribution >= 4 is 11.9 Å². The van der Waals surface area contributed by atoms with Gasteiger partial charge < -0.3 is 9.64 Å². The molecule has 0 radical (unpaired) electrons. The molecule has 5 heteroatoms. The molecule has 0 aromatic heterocycles. The quantitative estimate of drug-likeness (QED) is 0.746. The van der Waals surface area contributed by atoms with Gasteiger partial charge in [0.15, 0.2) is 0 Å². The molecule has 0 aromatic rings. The lowest BCUT2D eigenvalue weighted by Crippen LogP contribution is -2.45. The molecule has 0 aliphatic carbocycles. The Hall–Kier alpha value is -1.10. The van der Waals surface area contributed by atoms with E-state index in [1.165, 1.54) is 11.8 Å². The molecule has 2 unspecified atom stereocenters. The number of amides is 3. The smallest absolute Gasteiger partial charge is 0.325 e. The van der Waals surface area contributed by atoms with E-state index in [2.05, 4.69) is 5.32 Å². The first-order chi connectivity index (χ1) is 7.50. The van der Waals surface area contributed by atoms with Gasteiger partial charge in [0.25, 0.3) is 0 Å². The summed E-state index contributed by atoms with van der Waals surface area (Å²) < 4.78 is 5.48. The summed E-state index contributed by atoms with van der Waals surface area (Å²) in [5, 5.41) is 2.20. The second-order valence-electron chi connectivity index (χ2n) is 3.58. The second-order valence-corrected chi connectivity index (χ2v) is 3.58. The van der Waals surface area contributed by atoms with Crippen molar-refractivity contribution in [1.29, 1.82) is 0 Å². The van der Waals surface area contributed by atoms with Crippen LogP contribution in [-0.4, -0.2) is 36.2 Å². The van der Waals surface area contributed by atoms with E-state index >= 15 is 0 Å². The number of nitrogens with one attached hydrogen (secondary N) is 1. The number of nitrogens with zero attached hydrogens (tertiary/aromatic N) is 1. The van der Waals surface area contributed by atoms with E-state index in [-0.39, 0.29) is 18.2 Å². The van der Waals surface area contributed by atoms with Crippen LogP contribution in [0.15, 0.2) is 0 Å². The third-order valence-corrected chi connectivity index (χ3v) is 2.24. The average molecular weight is 230 g/mol. The van der Waals surface area contributed by atoms with Crippen LogP contribution < -0.4 is 5.32 Å². The number of carbonyl (C=O) groups excluding carboxylic acids is 2. The van der Waals surface area contributed by atoms with E-state index in [1.54, 1.807) is 7.05 Å². The third-order valence-electron chi connectivity index (χ3n) is 2.24. The van der Waals surface area contributed by atoms with Crippen LogP contribution in [0.3, 0.4) is 0 Å². The lowest BCUT2D eigenvalue weighted by molar-refractivity contribution is -0.118. The van der Waals surface area contributed by atoms with E-state index in [4.69, 9.17) is 4.74 Å². The standard InChI is InChI=1S/C9H16N2O3.C2H6/c1-6-4-5-8(14-6)11(3)9(13)10-7(2)12;1-2/h6,8H,4-5H2,1-3H3,(H,10,12,13);1-2H3. The van der Waals surface area contributed by atoms with Gasteiger partial charge in [-0.1, -0.05) is 13.8 Å². The highest BCUT2D eigenvalue weighted by Crippen LogP contribution is 2.20. The van der Waals surface area contributed by atoms with Gasteiger partial charge in [0.2, 0.25) is 5.91 Å². The van der Waals surface area contributed by atoms with Crippen LogP contribution >= 0.6 is 0 Å². The number of carbonyl (C=O) groups is 2. The highest BCUT2D eigenvalue weighted by molar-refractivity contribution is 5.92. The number of ether oxygens (including phenoxy) is 1. The Labute approximate surface area is 97.1 Å². The van der Waals surface area contributed by atoms with Gasteiger partial charge in [-0.2, -0.15) is 0 Å². The Morgan fingerprint density at radius 1 is 1.31 bits per heavy atom. The SMILES string of the molecule is CC.CC(=O)NC(=O)N(C)C1CCC(C)O1. The van der Waals surface area contributed by atoms with E-state index in [0.29, 0.717) is 0 Å². The van der Waals surface area contributed by atoms with Crippen LogP contribution in [0.4, 0.5) is 4.79 Å². The minimum absolute atomic E-state index is 0.188. The van der Waals surface area contributed by atoms with Gasteiger partial charge in [-0.05, 0) is 19.8 Å². The maximum atomic E-state index is 11.4. The molecule has 1 heterocycles. The van der Waals surface area contributed by atoms with Crippen molar-refractivity contribution in [3.63, 3.8) is 0 Å². The van der Waals surface area contributed by atoms with Crippen LogP contribution in [0.25, 0.3) is 0 Å². The Kier molecular flexibility index (Phi) is 6.72. The van der Waals surface area contributed by atoms with Gasteiger partial charge in [0.1, 0.15) is 6.23 Å². The predicted molar refractivity (Wildman–Crippen MR) is 61.9 cm³/mol. The van der Waals surface area contributed by atoms with E-state index in [1.807, 2.05) is 20.8 Å². The van der Waals surface area contributed by atoms with Crippen LogP contribution in [0, 0.1) is 0 Å². The summed E-state index contributed by atoms with van der Waals surface area (Å²) in [5.74, 6) is -0.354. The van der Waals surface area contributed by atoms with Crippen LogP contribution in [-0.2, 0) is 9.53 Å². The fourth-order valence-electron chi connectivity index (χ4n) is 1.44. The van der Waals surface area contributed by atoms with Crippen molar-refractivity contribution in [2.45, 2.75) is 52.9 Å². The van der Waals surface area contributed by atoms with Crippen molar-refractivity contribution in [3.8, 4) is 0 Å². The van der Waals surface area contributed by atoms with Gasteiger partial charge in [0, 0.05) is 14.0 Å². The lowest BCUT2D eigenvalue weighted by Gasteiger charge is -2.23. The zero-order valence-corrected chi connectivity index (χ0v) is 10.7. The fraction of sp³-hybridized carbons (Fsp3) is 0.818. The van der Waals surface area contributed by atoms with Crippen molar-refractivity contribution in [1.82, 2.24) is 10.2 Å². The third kappa shape index (κ3) is 4.61. The minimum atomic E-state index is -0.406. The van der Waals surface area contributed by atoms with Gasteiger partial charge in [-0.25, -0.2) is 4.79 Å². The zero-order valence-electron chi connectivity index (χ0n) is 10.7. The molecule has 0 aromatic carbocycles. The number of hydrogen-bond acceptors (Lipinski definition) is 3. The molecule has 2 atom stereocenters. The summed E-state index contributed by atoms with van der Waals surface area (Å²) in [4.78, 5) is 23.4. The van der Waals surface area contributed by atoms with Crippen molar-refractivity contribution < 1.29 is 14.3 Å². The highest BCUT2D eigenvalue weighted by Gasteiger charge is 2.28. The molecule has 5 nitrogen and oxygen atoms in total. The number of urea groups is 1. The molecule has 1 aliphatic rings. The minimum Gasteiger partial charge on any atom is -0.355 e.